The van der Waals surface area contributed by atoms with E-state index < -0.39 is 0 Å². The molecule has 0 aliphatic carbocycles. The molecule has 1 heterocycles. The normalized spacial score (nSPS) is 10.6. The molecule has 0 bridgehead atoms. The first-order valence-corrected chi connectivity index (χ1v) is 6.86. The summed E-state index contributed by atoms with van der Waals surface area (Å²) in [6, 6.07) is 7.67. The lowest BCUT2D eigenvalue weighted by molar-refractivity contribution is 0.193. The van der Waals surface area contributed by atoms with E-state index in [1.165, 1.54) is 12.1 Å². The smallest absolute Gasteiger partial charge is 0.169 e. The van der Waals surface area contributed by atoms with Gasteiger partial charge >= 0.3 is 0 Å². The molecule has 0 saturated heterocycles. The summed E-state index contributed by atoms with van der Waals surface area (Å²) in [6.07, 6.45) is 4.64. The van der Waals surface area contributed by atoms with Gasteiger partial charge in [0.05, 0.1) is 0 Å². The van der Waals surface area contributed by atoms with Gasteiger partial charge in [0, 0.05) is 19.9 Å². The first kappa shape index (κ1) is 15.3. The van der Waals surface area contributed by atoms with Gasteiger partial charge in [0.25, 0.3) is 0 Å². The van der Waals surface area contributed by atoms with Crippen LogP contribution >= 0.6 is 0 Å². The van der Waals surface area contributed by atoms with Gasteiger partial charge in [0.2, 0.25) is 0 Å². The summed E-state index contributed by atoms with van der Waals surface area (Å²) in [4.78, 5) is 4.14. The number of benzene rings is 1. The third-order valence-electron chi connectivity index (χ3n) is 3.04. The first-order chi connectivity index (χ1) is 10.2. The van der Waals surface area contributed by atoms with Gasteiger partial charge in [0.15, 0.2) is 11.6 Å². The fourth-order valence-electron chi connectivity index (χ4n) is 1.92. The Kier molecular flexibility index (Phi) is 5.51. The molecule has 0 fully saturated rings. The van der Waals surface area contributed by atoms with Crippen molar-refractivity contribution in [1.82, 2.24) is 4.98 Å². The number of aryl methyl sites for hydroxylation is 1. The standard InChI is InChI=1S/C16H19FN2O2/c1-20-9-3-2-4-12-10-15(16(18)19-11-12)21-14-7-5-13(17)6-8-14/h5-8,10-11H,2-4,9H2,1H3,(H2,18,19). The summed E-state index contributed by atoms with van der Waals surface area (Å²) in [5.41, 5.74) is 6.87. The van der Waals surface area contributed by atoms with Crippen LogP contribution in [0.1, 0.15) is 18.4 Å². The molecule has 0 radical (unpaired) electrons. The lowest BCUT2D eigenvalue weighted by atomic mass is 10.1. The number of pyridine rings is 1. The fourth-order valence-corrected chi connectivity index (χ4v) is 1.92. The van der Waals surface area contributed by atoms with E-state index in [-0.39, 0.29) is 5.82 Å². The lowest BCUT2D eigenvalue weighted by Gasteiger charge is -2.09. The third-order valence-corrected chi connectivity index (χ3v) is 3.04. The minimum atomic E-state index is -0.305. The molecule has 2 aromatic rings. The number of halogens is 1. The zero-order chi connectivity index (χ0) is 15.1. The van der Waals surface area contributed by atoms with Gasteiger partial charge in [-0.1, -0.05) is 0 Å². The Hall–Kier alpha value is -2.14. The van der Waals surface area contributed by atoms with E-state index >= 15 is 0 Å². The van der Waals surface area contributed by atoms with Crippen LogP contribution in [-0.2, 0) is 11.2 Å². The highest BCUT2D eigenvalue weighted by Crippen LogP contribution is 2.27. The molecule has 2 rings (SSSR count). The van der Waals surface area contributed by atoms with E-state index in [1.54, 1.807) is 25.4 Å². The molecule has 112 valence electrons. The first-order valence-electron chi connectivity index (χ1n) is 6.86. The molecule has 0 spiro atoms. The van der Waals surface area contributed by atoms with Crippen molar-refractivity contribution in [1.29, 1.82) is 0 Å². The van der Waals surface area contributed by atoms with E-state index in [0.717, 1.165) is 31.4 Å². The van der Waals surface area contributed by atoms with E-state index in [2.05, 4.69) is 4.98 Å². The number of nitrogens with zero attached hydrogens (tertiary/aromatic N) is 1. The van der Waals surface area contributed by atoms with Crippen molar-refractivity contribution < 1.29 is 13.9 Å². The number of ether oxygens (including phenoxy) is 2. The molecular weight excluding hydrogens is 271 g/mol. The van der Waals surface area contributed by atoms with Crippen molar-refractivity contribution in [2.24, 2.45) is 0 Å². The maximum Gasteiger partial charge on any atom is 0.169 e. The maximum atomic E-state index is 12.9. The molecule has 0 saturated carbocycles. The van der Waals surface area contributed by atoms with Gasteiger partial charge in [0.1, 0.15) is 11.6 Å². The van der Waals surface area contributed by atoms with Crippen LogP contribution in [0.5, 0.6) is 11.5 Å². The summed E-state index contributed by atoms with van der Waals surface area (Å²) in [7, 11) is 1.69. The van der Waals surface area contributed by atoms with Crippen LogP contribution < -0.4 is 10.5 Å². The van der Waals surface area contributed by atoms with Crippen molar-refractivity contribution in [2.75, 3.05) is 19.5 Å². The van der Waals surface area contributed by atoms with E-state index in [9.17, 15) is 4.39 Å². The van der Waals surface area contributed by atoms with Crippen LogP contribution in [0.25, 0.3) is 0 Å². The quantitative estimate of drug-likeness (QED) is 0.792. The number of rotatable bonds is 7. The largest absolute Gasteiger partial charge is 0.453 e. The van der Waals surface area contributed by atoms with Crippen LogP contribution in [0.15, 0.2) is 36.5 Å². The molecule has 2 N–H and O–H groups in total. The molecule has 0 amide bonds. The van der Waals surface area contributed by atoms with Crippen LogP contribution in [0.2, 0.25) is 0 Å². The average Bonchev–Trinajstić information content (AvgIpc) is 2.49. The van der Waals surface area contributed by atoms with Gasteiger partial charge in [-0.25, -0.2) is 9.37 Å². The highest BCUT2D eigenvalue weighted by atomic mass is 19.1. The molecule has 0 aliphatic rings. The zero-order valence-corrected chi connectivity index (χ0v) is 12.0. The minimum Gasteiger partial charge on any atom is -0.453 e. The van der Waals surface area contributed by atoms with Crippen LogP contribution in [-0.4, -0.2) is 18.7 Å². The fraction of sp³-hybridized carbons (Fsp3) is 0.312. The number of methoxy groups -OCH3 is 1. The second-order valence-electron chi connectivity index (χ2n) is 4.73. The number of anilines is 1. The molecule has 5 heteroatoms. The van der Waals surface area contributed by atoms with Gasteiger partial charge < -0.3 is 15.2 Å². The van der Waals surface area contributed by atoms with Crippen molar-refractivity contribution in [3.63, 3.8) is 0 Å². The summed E-state index contributed by atoms with van der Waals surface area (Å²) in [5, 5.41) is 0. The Labute approximate surface area is 123 Å². The lowest BCUT2D eigenvalue weighted by Crippen LogP contribution is -1.98. The zero-order valence-electron chi connectivity index (χ0n) is 12.0. The summed E-state index contributed by atoms with van der Waals surface area (Å²) >= 11 is 0. The predicted octanol–water partition coefficient (Wildman–Crippen LogP) is 3.56. The van der Waals surface area contributed by atoms with E-state index in [4.69, 9.17) is 15.2 Å². The minimum absolute atomic E-state index is 0.305. The number of nitrogens with two attached hydrogens (primary N) is 1. The van der Waals surface area contributed by atoms with Crippen molar-refractivity contribution >= 4 is 5.82 Å². The number of unbranched alkanes of at least 4 members (excludes halogenated alkanes) is 1. The molecule has 0 aliphatic heterocycles. The summed E-state index contributed by atoms with van der Waals surface area (Å²) in [6.45, 7) is 0.751. The molecule has 0 atom stereocenters. The monoisotopic (exact) mass is 290 g/mol. The Morgan fingerprint density at radius 2 is 1.95 bits per heavy atom. The van der Waals surface area contributed by atoms with Gasteiger partial charge in [-0.2, -0.15) is 0 Å². The molecule has 1 aromatic carbocycles. The van der Waals surface area contributed by atoms with Gasteiger partial charge in [-0.3, -0.25) is 0 Å². The highest BCUT2D eigenvalue weighted by Gasteiger charge is 2.06. The van der Waals surface area contributed by atoms with Crippen molar-refractivity contribution in [3.8, 4) is 11.5 Å². The number of hydrogen-bond acceptors (Lipinski definition) is 4. The molecule has 4 nitrogen and oxygen atoms in total. The second-order valence-corrected chi connectivity index (χ2v) is 4.73. The van der Waals surface area contributed by atoms with Gasteiger partial charge in [-0.05, 0) is 55.2 Å². The summed E-state index contributed by atoms with van der Waals surface area (Å²) in [5.74, 6) is 1.03. The van der Waals surface area contributed by atoms with E-state index in [0.29, 0.717) is 17.3 Å². The Morgan fingerprint density at radius 3 is 2.67 bits per heavy atom. The Bertz CT molecular complexity index is 573. The van der Waals surface area contributed by atoms with E-state index in [1.807, 2.05) is 6.07 Å². The SMILES string of the molecule is COCCCCc1cnc(N)c(Oc2ccc(F)cc2)c1. The summed E-state index contributed by atoms with van der Waals surface area (Å²) < 4.78 is 23.5. The molecule has 0 unspecified atom stereocenters. The highest BCUT2D eigenvalue weighted by molar-refractivity contribution is 5.49. The van der Waals surface area contributed by atoms with Crippen LogP contribution in [0, 0.1) is 5.82 Å². The average molecular weight is 290 g/mol. The predicted molar refractivity (Wildman–Crippen MR) is 79.9 cm³/mol. The molecular formula is C16H19FN2O2. The van der Waals surface area contributed by atoms with Crippen LogP contribution in [0.3, 0.4) is 0 Å². The number of nitrogen functional groups attached to an aromatic ring is 1. The number of hydrogen-bond donors (Lipinski definition) is 1. The topological polar surface area (TPSA) is 57.4 Å². The molecule has 21 heavy (non-hydrogen) atoms. The number of aromatic nitrogens is 1. The van der Waals surface area contributed by atoms with Crippen LogP contribution in [0.4, 0.5) is 10.2 Å². The second kappa shape index (κ2) is 7.59. The van der Waals surface area contributed by atoms with Crippen molar-refractivity contribution in [3.05, 3.63) is 47.9 Å². The van der Waals surface area contributed by atoms with Crippen molar-refractivity contribution in [2.45, 2.75) is 19.3 Å². The maximum absolute atomic E-state index is 12.9. The third kappa shape index (κ3) is 4.72. The Morgan fingerprint density at radius 1 is 1.19 bits per heavy atom. The van der Waals surface area contributed by atoms with Gasteiger partial charge in [-0.15, -0.1) is 0 Å². The molecule has 1 aromatic heterocycles. The Balaban J connectivity index is 2.02.